The lowest BCUT2D eigenvalue weighted by molar-refractivity contribution is -0.735. The number of quaternary nitrogens is 1. The second-order valence-electron chi connectivity index (χ2n) is 7.57. The van der Waals surface area contributed by atoms with E-state index in [1.165, 1.54) is 18.3 Å². The largest absolute Gasteiger partial charge is 0.544 e. The van der Waals surface area contributed by atoms with Crippen molar-refractivity contribution in [2.75, 3.05) is 0 Å². The predicted molar refractivity (Wildman–Crippen MR) is 95.2 cm³/mol. The number of carbonyl (C=O) groups is 3. The third kappa shape index (κ3) is 2.58. The Morgan fingerprint density at radius 2 is 1.75 bits per heavy atom. The van der Waals surface area contributed by atoms with Crippen LogP contribution < -0.4 is 10.4 Å². The molecule has 3 N–H and O–H groups in total. The molecule has 4 atom stereocenters. The zero-order valence-corrected chi connectivity index (χ0v) is 15.2. The van der Waals surface area contributed by atoms with E-state index in [9.17, 15) is 24.6 Å². The minimum atomic E-state index is -1.60. The third-order valence-electron chi connectivity index (χ3n) is 5.92. The number of nitrogens with two attached hydrogens (primary N) is 1. The van der Waals surface area contributed by atoms with E-state index < -0.39 is 41.2 Å². The molecule has 0 spiro atoms. The molecular weight excluding hydrogens is 360 g/mol. The van der Waals surface area contributed by atoms with E-state index in [0.717, 1.165) is 10.5 Å². The van der Waals surface area contributed by atoms with E-state index in [2.05, 4.69) is 0 Å². The Balaban J connectivity index is 1.76. The van der Waals surface area contributed by atoms with Gasteiger partial charge in [0.1, 0.15) is 35.1 Å². The summed E-state index contributed by atoms with van der Waals surface area (Å²) in [6.45, 7) is 1.50. The highest BCUT2D eigenvalue weighted by molar-refractivity contribution is 6.08. The summed E-state index contributed by atoms with van der Waals surface area (Å²) in [5.41, 5.74) is -0.386. The Labute approximate surface area is 161 Å². The van der Waals surface area contributed by atoms with Gasteiger partial charge in [-0.05, 0) is 24.6 Å². The molecule has 2 heterocycles. The molecule has 0 unspecified atom stereocenters. The number of hydrogen-bond donors (Lipinski definition) is 2. The number of phenolic OH excluding ortho intramolecular Hbond substituents is 1. The van der Waals surface area contributed by atoms with Crippen LogP contribution in [0, 0.1) is 11.8 Å². The van der Waals surface area contributed by atoms with E-state index in [4.69, 9.17) is 0 Å². The zero-order valence-electron chi connectivity index (χ0n) is 15.2. The first-order valence-electron chi connectivity index (χ1n) is 9.09. The normalized spacial score (nSPS) is 29.2. The molecule has 0 bridgehead atoms. The van der Waals surface area contributed by atoms with Gasteiger partial charge in [-0.1, -0.05) is 42.5 Å². The Morgan fingerprint density at radius 1 is 1.11 bits per heavy atom. The summed E-state index contributed by atoms with van der Waals surface area (Å²) < 4.78 is 0. The molecule has 7 nitrogen and oxygen atoms in total. The van der Waals surface area contributed by atoms with Crippen molar-refractivity contribution in [2.45, 2.75) is 25.0 Å². The van der Waals surface area contributed by atoms with Gasteiger partial charge in [0.15, 0.2) is 0 Å². The average Bonchev–Trinajstić information content (AvgIpc) is 3.12. The van der Waals surface area contributed by atoms with Gasteiger partial charge in [-0.15, -0.1) is 0 Å². The SMILES string of the molecule is C[C@@]1(C(=O)[O-])[NH2+][C@@H](c2ccccc2O)[C@H]2C(=O)N(Cc3ccccc3)C(=O)[C@H]21. The van der Waals surface area contributed by atoms with Gasteiger partial charge in [0.25, 0.3) is 0 Å². The third-order valence-corrected chi connectivity index (χ3v) is 5.92. The van der Waals surface area contributed by atoms with Gasteiger partial charge in [0, 0.05) is 0 Å². The van der Waals surface area contributed by atoms with E-state index in [0.29, 0.717) is 5.56 Å². The van der Waals surface area contributed by atoms with E-state index in [1.54, 1.807) is 30.3 Å². The summed E-state index contributed by atoms with van der Waals surface area (Å²) in [6, 6.07) is 14.9. The number of benzene rings is 2. The van der Waals surface area contributed by atoms with Crippen molar-refractivity contribution in [1.82, 2.24) is 4.90 Å². The van der Waals surface area contributed by atoms with Crippen LogP contribution in [0.1, 0.15) is 24.1 Å². The van der Waals surface area contributed by atoms with Gasteiger partial charge >= 0.3 is 0 Å². The first-order chi connectivity index (χ1) is 13.3. The van der Waals surface area contributed by atoms with Gasteiger partial charge in [0.05, 0.1) is 12.1 Å². The van der Waals surface area contributed by atoms with Crippen LogP contribution in [0.15, 0.2) is 54.6 Å². The lowest BCUT2D eigenvalue weighted by atomic mass is 9.80. The van der Waals surface area contributed by atoms with Gasteiger partial charge < -0.3 is 20.3 Å². The second kappa shape index (κ2) is 6.45. The highest BCUT2D eigenvalue weighted by Crippen LogP contribution is 2.45. The monoisotopic (exact) mass is 380 g/mol. The Bertz CT molecular complexity index is 960. The number of phenols is 1. The fraction of sp³-hybridized carbons (Fsp3) is 0.286. The molecule has 2 amide bonds. The van der Waals surface area contributed by atoms with Gasteiger partial charge in [-0.3, -0.25) is 14.5 Å². The number of hydrogen-bond acceptors (Lipinski definition) is 5. The van der Waals surface area contributed by atoms with Crippen molar-refractivity contribution >= 4 is 17.8 Å². The Hall–Kier alpha value is -3.19. The van der Waals surface area contributed by atoms with Crippen molar-refractivity contribution in [2.24, 2.45) is 11.8 Å². The smallest absolute Gasteiger partial charge is 0.240 e. The molecule has 0 radical (unpaired) electrons. The summed E-state index contributed by atoms with van der Waals surface area (Å²) in [5.74, 6) is -4.31. The molecule has 2 fully saturated rings. The number of carbonyl (C=O) groups excluding carboxylic acids is 3. The van der Waals surface area contributed by atoms with Crippen molar-refractivity contribution in [3.63, 3.8) is 0 Å². The fourth-order valence-electron chi connectivity index (χ4n) is 4.49. The number of nitrogens with zero attached hydrogens (tertiary/aromatic N) is 1. The molecule has 2 aliphatic heterocycles. The number of imide groups is 1. The maximum atomic E-state index is 13.2. The summed E-state index contributed by atoms with van der Waals surface area (Å²) in [6.07, 6.45) is 0. The predicted octanol–water partition coefficient (Wildman–Crippen LogP) is -0.680. The zero-order chi connectivity index (χ0) is 20.1. The van der Waals surface area contributed by atoms with Crippen LogP contribution in [0.3, 0.4) is 0 Å². The molecule has 7 heteroatoms. The number of amides is 2. The van der Waals surface area contributed by atoms with Gasteiger partial charge in [0.2, 0.25) is 11.8 Å². The number of carboxylic acid groups (broad SMARTS) is 1. The quantitative estimate of drug-likeness (QED) is 0.682. The summed E-state index contributed by atoms with van der Waals surface area (Å²) in [7, 11) is 0. The van der Waals surface area contributed by atoms with Gasteiger partial charge in [-0.25, -0.2) is 0 Å². The highest BCUT2D eigenvalue weighted by Gasteiger charge is 2.68. The molecule has 4 rings (SSSR count). The van der Waals surface area contributed by atoms with Crippen LogP contribution in [0.25, 0.3) is 0 Å². The highest BCUT2D eigenvalue weighted by atomic mass is 16.4. The molecule has 2 aromatic rings. The Morgan fingerprint density at radius 3 is 2.39 bits per heavy atom. The van der Waals surface area contributed by atoms with Crippen LogP contribution in [0.5, 0.6) is 5.75 Å². The topological polar surface area (TPSA) is 114 Å². The average molecular weight is 380 g/mol. The van der Waals surface area contributed by atoms with Crippen molar-refractivity contribution in [3.8, 4) is 5.75 Å². The van der Waals surface area contributed by atoms with Crippen LogP contribution >= 0.6 is 0 Å². The molecule has 2 aromatic carbocycles. The lowest BCUT2D eigenvalue weighted by Gasteiger charge is -2.29. The van der Waals surface area contributed by atoms with Crippen LogP contribution in [-0.2, 0) is 20.9 Å². The molecule has 144 valence electrons. The molecule has 28 heavy (non-hydrogen) atoms. The summed E-state index contributed by atoms with van der Waals surface area (Å²) in [5, 5.41) is 23.7. The standard InChI is InChI=1S/C21H20N2O5/c1-21(20(27)28)16-15(17(22-21)13-9-5-6-10-14(13)24)18(25)23(19(16)26)11-12-7-3-2-4-8-12/h2-10,15-17,22,24H,11H2,1H3,(H,27,28)/t15-,16-,17-,21+/m0/s1. The van der Waals surface area contributed by atoms with E-state index in [-0.39, 0.29) is 12.3 Å². The number of likely N-dealkylation sites (tertiary alicyclic amines) is 1. The minimum absolute atomic E-state index is 0.0353. The summed E-state index contributed by atoms with van der Waals surface area (Å²) >= 11 is 0. The first-order valence-corrected chi connectivity index (χ1v) is 9.09. The molecule has 2 saturated heterocycles. The van der Waals surface area contributed by atoms with Crippen molar-refractivity contribution < 1.29 is 29.9 Å². The molecule has 2 aliphatic rings. The van der Waals surface area contributed by atoms with Crippen molar-refractivity contribution in [3.05, 3.63) is 65.7 Å². The maximum Gasteiger partial charge on any atom is 0.240 e. The van der Waals surface area contributed by atoms with Gasteiger partial charge in [-0.2, -0.15) is 0 Å². The lowest BCUT2D eigenvalue weighted by Crippen LogP contribution is -2.98. The Kier molecular flexibility index (Phi) is 4.19. The van der Waals surface area contributed by atoms with Crippen LogP contribution in [0.2, 0.25) is 0 Å². The number of aromatic hydroxyl groups is 1. The number of carboxylic acids is 1. The minimum Gasteiger partial charge on any atom is -0.544 e. The second-order valence-corrected chi connectivity index (χ2v) is 7.57. The number of aliphatic carboxylic acids is 1. The van der Waals surface area contributed by atoms with E-state index >= 15 is 0 Å². The fourth-order valence-corrected chi connectivity index (χ4v) is 4.49. The molecule has 0 aliphatic carbocycles. The number of para-hydroxylation sites is 1. The van der Waals surface area contributed by atoms with Crippen molar-refractivity contribution in [1.29, 1.82) is 0 Å². The molecular formula is C21H20N2O5. The van der Waals surface area contributed by atoms with E-state index in [1.807, 2.05) is 18.2 Å². The first kappa shape index (κ1) is 18.2. The van der Waals surface area contributed by atoms with Crippen LogP contribution in [0.4, 0.5) is 0 Å². The maximum absolute atomic E-state index is 13.2. The molecule has 0 saturated carbocycles. The van der Waals surface area contributed by atoms with Crippen LogP contribution in [-0.4, -0.2) is 33.3 Å². The molecule has 0 aromatic heterocycles. The number of fused-ring (bicyclic) bond motifs is 1. The number of rotatable bonds is 4. The summed E-state index contributed by atoms with van der Waals surface area (Å²) in [4.78, 5) is 39.4.